The van der Waals surface area contributed by atoms with Gasteiger partial charge in [0.2, 0.25) is 5.91 Å². The number of hydrogen-bond donors (Lipinski definition) is 2. The number of likely N-dealkylation sites (tertiary alicyclic amines) is 1. The van der Waals surface area contributed by atoms with Crippen LogP contribution in [0.2, 0.25) is 0 Å². The van der Waals surface area contributed by atoms with E-state index in [2.05, 4.69) is 22.3 Å². The third-order valence-electron chi connectivity index (χ3n) is 3.37. The number of hydrogen-bond acceptors (Lipinski definition) is 3. The lowest BCUT2D eigenvalue weighted by Crippen LogP contribution is -2.35. The highest BCUT2D eigenvalue weighted by atomic mass is 16.3. The molecule has 2 N–H and O–H groups in total. The number of nitrogens with one attached hydrogen (secondary N) is 1. The summed E-state index contributed by atoms with van der Waals surface area (Å²) in [6, 6.07) is 10.5. The average Bonchev–Trinajstić information content (AvgIpc) is 2.71. The molecule has 0 aliphatic carbocycles. The maximum Gasteiger partial charge on any atom is 0.217 e. The zero-order chi connectivity index (χ0) is 13.0. The van der Waals surface area contributed by atoms with Gasteiger partial charge < -0.3 is 10.4 Å². The number of aliphatic hydroxyl groups excluding tert-OH is 1. The standard InChI is InChI=1S/C14H20N2O2/c1-11(18)15-13-7-14(10-17)16(9-13)8-12-5-3-2-4-6-12/h2-6,13-14,17H,7-10H2,1H3,(H,15,18). The molecule has 4 heteroatoms. The highest BCUT2D eigenvalue weighted by molar-refractivity contribution is 5.73. The summed E-state index contributed by atoms with van der Waals surface area (Å²) in [6.07, 6.45) is 0.822. The predicted molar refractivity (Wildman–Crippen MR) is 69.9 cm³/mol. The first-order valence-corrected chi connectivity index (χ1v) is 6.35. The Bertz CT molecular complexity index is 394. The monoisotopic (exact) mass is 248 g/mol. The minimum absolute atomic E-state index is 0.00162. The number of amides is 1. The van der Waals surface area contributed by atoms with Crippen LogP contribution < -0.4 is 5.32 Å². The van der Waals surface area contributed by atoms with E-state index in [4.69, 9.17) is 0 Å². The predicted octanol–water partition coefficient (Wildman–Crippen LogP) is 0.758. The van der Waals surface area contributed by atoms with Crippen LogP contribution in [0.1, 0.15) is 18.9 Å². The van der Waals surface area contributed by atoms with Crippen LogP contribution in [-0.4, -0.2) is 41.1 Å². The Hall–Kier alpha value is -1.39. The first-order valence-electron chi connectivity index (χ1n) is 6.35. The fourth-order valence-corrected chi connectivity index (χ4v) is 2.58. The molecule has 1 amide bonds. The van der Waals surface area contributed by atoms with Gasteiger partial charge >= 0.3 is 0 Å². The third kappa shape index (κ3) is 3.31. The molecule has 0 saturated carbocycles. The van der Waals surface area contributed by atoms with E-state index in [0.717, 1.165) is 19.5 Å². The van der Waals surface area contributed by atoms with Crippen LogP contribution in [0.15, 0.2) is 30.3 Å². The molecule has 1 saturated heterocycles. The normalized spacial score (nSPS) is 24.1. The second-order valence-electron chi connectivity index (χ2n) is 4.88. The van der Waals surface area contributed by atoms with Gasteiger partial charge in [-0.25, -0.2) is 0 Å². The van der Waals surface area contributed by atoms with E-state index >= 15 is 0 Å². The minimum Gasteiger partial charge on any atom is -0.395 e. The molecule has 2 unspecified atom stereocenters. The average molecular weight is 248 g/mol. The molecule has 0 radical (unpaired) electrons. The van der Waals surface area contributed by atoms with Crippen molar-refractivity contribution in [3.8, 4) is 0 Å². The maximum absolute atomic E-state index is 11.1. The van der Waals surface area contributed by atoms with Gasteiger partial charge in [-0.3, -0.25) is 9.69 Å². The Morgan fingerprint density at radius 1 is 1.44 bits per heavy atom. The summed E-state index contributed by atoms with van der Waals surface area (Å²) in [7, 11) is 0. The molecular formula is C14H20N2O2. The molecule has 1 heterocycles. The summed E-state index contributed by atoms with van der Waals surface area (Å²) in [5.41, 5.74) is 1.24. The van der Waals surface area contributed by atoms with Crippen molar-refractivity contribution in [3.63, 3.8) is 0 Å². The van der Waals surface area contributed by atoms with E-state index in [9.17, 15) is 9.90 Å². The second-order valence-corrected chi connectivity index (χ2v) is 4.88. The molecule has 18 heavy (non-hydrogen) atoms. The SMILES string of the molecule is CC(=O)NC1CC(CO)N(Cc2ccccc2)C1. The van der Waals surface area contributed by atoms with E-state index in [-0.39, 0.29) is 24.6 Å². The van der Waals surface area contributed by atoms with E-state index in [1.807, 2.05) is 18.2 Å². The van der Waals surface area contributed by atoms with Gasteiger partial charge in [0, 0.05) is 32.1 Å². The van der Waals surface area contributed by atoms with Gasteiger partial charge in [-0.1, -0.05) is 30.3 Å². The summed E-state index contributed by atoms with van der Waals surface area (Å²) in [6.45, 7) is 3.30. The lowest BCUT2D eigenvalue weighted by molar-refractivity contribution is -0.119. The van der Waals surface area contributed by atoms with Gasteiger partial charge in [0.15, 0.2) is 0 Å². The second kappa shape index (κ2) is 5.98. The van der Waals surface area contributed by atoms with Crippen LogP contribution in [0.4, 0.5) is 0 Å². The first kappa shape index (κ1) is 13.1. The topological polar surface area (TPSA) is 52.6 Å². The lowest BCUT2D eigenvalue weighted by atomic mass is 10.1. The fraction of sp³-hybridized carbons (Fsp3) is 0.500. The molecule has 1 aliphatic heterocycles. The van der Waals surface area contributed by atoms with Crippen molar-refractivity contribution < 1.29 is 9.90 Å². The van der Waals surface area contributed by atoms with Gasteiger partial charge in [-0.2, -0.15) is 0 Å². The van der Waals surface area contributed by atoms with Gasteiger partial charge in [0.05, 0.1) is 6.61 Å². The quantitative estimate of drug-likeness (QED) is 0.827. The summed E-state index contributed by atoms with van der Waals surface area (Å²) in [5, 5.41) is 12.3. The molecule has 0 aromatic heterocycles. The van der Waals surface area contributed by atoms with Crippen molar-refractivity contribution >= 4 is 5.91 Å². The number of nitrogens with zero attached hydrogens (tertiary/aromatic N) is 1. The highest BCUT2D eigenvalue weighted by Gasteiger charge is 2.31. The molecule has 2 atom stereocenters. The van der Waals surface area contributed by atoms with Crippen LogP contribution in [-0.2, 0) is 11.3 Å². The van der Waals surface area contributed by atoms with Gasteiger partial charge in [0.25, 0.3) is 0 Å². The van der Waals surface area contributed by atoms with Crippen molar-refractivity contribution in [2.75, 3.05) is 13.2 Å². The molecule has 1 aromatic carbocycles. The fourth-order valence-electron chi connectivity index (χ4n) is 2.58. The summed E-state index contributed by atoms with van der Waals surface area (Å²) in [5.74, 6) is -0.00162. The summed E-state index contributed by atoms with van der Waals surface area (Å²) in [4.78, 5) is 13.3. The van der Waals surface area contributed by atoms with E-state index in [0.29, 0.717) is 0 Å². The molecule has 0 bridgehead atoms. The minimum atomic E-state index is -0.00162. The molecule has 98 valence electrons. The molecule has 1 fully saturated rings. The Labute approximate surface area is 108 Å². The zero-order valence-electron chi connectivity index (χ0n) is 10.7. The van der Waals surface area contributed by atoms with E-state index < -0.39 is 0 Å². The Morgan fingerprint density at radius 2 is 2.17 bits per heavy atom. The molecule has 4 nitrogen and oxygen atoms in total. The van der Waals surface area contributed by atoms with Crippen LogP contribution in [0, 0.1) is 0 Å². The van der Waals surface area contributed by atoms with Crippen molar-refractivity contribution in [2.24, 2.45) is 0 Å². The van der Waals surface area contributed by atoms with Gasteiger partial charge in [-0.15, -0.1) is 0 Å². The Kier molecular flexibility index (Phi) is 4.33. The number of carbonyl (C=O) groups excluding carboxylic acids is 1. The first-order chi connectivity index (χ1) is 8.69. The molecular weight excluding hydrogens is 228 g/mol. The van der Waals surface area contributed by atoms with Crippen LogP contribution in [0.5, 0.6) is 0 Å². The largest absolute Gasteiger partial charge is 0.395 e. The Morgan fingerprint density at radius 3 is 2.78 bits per heavy atom. The van der Waals surface area contributed by atoms with E-state index in [1.54, 1.807) is 0 Å². The third-order valence-corrected chi connectivity index (χ3v) is 3.37. The highest BCUT2D eigenvalue weighted by Crippen LogP contribution is 2.20. The smallest absolute Gasteiger partial charge is 0.217 e. The summed E-state index contributed by atoms with van der Waals surface area (Å²) < 4.78 is 0. The molecule has 2 rings (SSSR count). The van der Waals surface area contributed by atoms with Crippen LogP contribution in [0.3, 0.4) is 0 Å². The van der Waals surface area contributed by atoms with Crippen LogP contribution in [0.25, 0.3) is 0 Å². The lowest BCUT2D eigenvalue weighted by Gasteiger charge is -2.22. The number of benzene rings is 1. The van der Waals surface area contributed by atoms with Crippen molar-refractivity contribution in [1.82, 2.24) is 10.2 Å². The van der Waals surface area contributed by atoms with Crippen molar-refractivity contribution in [3.05, 3.63) is 35.9 Å². The Balaban J connectivity index is 1.97. The summed E-state index contributed by atoms with van der Waals surface area (Å²) >= 11 is 0. The van der Waals surface area contributed by atoms with E-state index in [1.165, 1.54) is 12.5 Å². The molecule has 1 aromatic rings. The van der Waals surface area contributed by atoms with Crippen molar-refractivity contribution in [1.29, 1.82) is 0 Å². The maximum atomic E-state index is 11.1. The van der Waals surface area contributed by atoms with Gasteiger partial charge in [-0.05, 0) is 12.0 Å². The molecule has 0 spiro atoms. The number of rotatable bonds is 4. The van der Waals surface area contributed by atoms with Gasteiger partial charge in [0.1, 0.15) is 0 Å². The zero-order valence-corrected chi connectivity index (χ0v) is 10.7. The van der Waals surface area contributed by atoms with Crippen LogP contribution >= 0.6 is 0 Å². The van der Waals surface area contributed by atoms with Crippen molar-refractivity contribution in [2.45, 2.75) is 32.0 Å². The number of aliphatic hydroxyl groups is 1. The molecule has 1 aliphatic rings. The number of carbonyl (C=O) groups is 1.